The highest BCUT2D eigenvalue weighted by molar-refractivity contribution is 9.10. The number of nitrogens with one attached hydrogen (secondary N) is 1. The Kier molecular flexibility index (Phi) is 8.21. The van der Waals surface area contributed by atoms with Crippen molar-refractivity contribution >= 4 is 78.6 Å². The van der Waals surface area contributed by atoms with Gasteiger partial charge in [-0.1, -0.05) is 39.8 Å². The average molecular weight is 629 g/mol. The van der Waals surface area contributed by atoms with E-state index in [2.05, 4.69) is 31.0 Å². The fourth-order valence-electron chi connectivity index (χ4n) is 4.24. The number of thiazole rings is 1. The molecule has 2 aliphatic rings. The van der Waals surface area contributed by atoms with Gasteiger partial charge < -0.3 is 24.6 Å². The van der Waals surface area contributed by atoms with Crippen molar-refractivity contribution in [3.63, 3.8) is 0 Å². The van der Waals surface area contributed by atoms with Crippen molar-refractivity contribution in [2.45, 2.75) is 4.34 Å². The van der Waals surface area contributed by atoms with E-state index in [4.69, 9.17) is 29.4 Å². The van der Waals surface area contributed by atoms with E-state index in [1.54, 1.807) is 11.3 Å². The normalized spacial score (nSPS) is 16.0. The van der Waals surface area contributed by atoms with E-state index in [1.807, 2.05) is 42.5 Å². The van der Waals surface area contributed by atoms with Crippen molar-refractivity contribution in [1.29, 1.82) is 0 Å². The molecular weight excluding hydrogens is 602 g/mol. The zero-order valence-corrected chi connectivity index (χ0v) is 24.2. The van der Waals surface area contributed by atoms with E-state index in [1.165, 1.54) is 11.8 Å². The minimum absolute atomic E-state index is 0.0797. The van der Waals surface area contributed by atoms with Crippen LogP contribution in [0.15, 0.2) is 51.3 Å². The Bertz CT molecular complexity index is 1420. The van der Waals surface area contributed by atoms with Gasteiger partial charge in [0.05, 0.1) is 42.4 Å². The predicted octanol–water partition coefficient (Wildman–Crippen LogP) is 4.64. The molecule has 39 heavy (non-hydrogen) atoms. The molecule has 2 aliphatic heterocycles. The first-order chi connectivity index (χ1) is 19.1. The van der Waals surface area contributed by atoms with Crippen LogP contribution in [-0.4, -0.2) is 84.1 Å². The molecule has 4 heterocycles. The first-order valence-corrected chi connectivity index (χ1v) is 15.2. The van der Waals surface area contributed by atoms with Crippen LogP contribution in [0.25, 0.3) is 10.2 Å². The van der Waals surface area contributed by atoms with Crippen LogP contribution in [0.4, 0.5) is 23.5 Å². The highest BCUT2D eigenvalue weighted by atomic mass is 79.9. The summed E-state index contributed by atoms with van der Waals surface area (Å²) >= 11 is 6.43. The van der Waals surface area contributed by atoms with Crippen molar-refractivity contribution < 1.29 is 14.3 Å². The van der Waals surface area contributed by atoms with Crippen molar-refractivity contribution in [3.05, 3.63) is 52.5 Å². The third-order valence-electron chi connectivity index (χ3n) is 6.32. The number of hydrogen-bond donors (Lipinski definition) is 1. The van der Waals surface area contributed by atoms with Crippen molar-refractivity contribution in [2.75, 3.05) is 73.5 Å². The molecule has 2 aromatic carbocycles. The van der Waals surface area contributed by atoms with Crippen LogP contribution >= 0.6 is 39.0 Å². The Hall–Kier alpha value is -2.84. The van der Waals surface area contributed by atoms with Crippen LogP contribution < -0.4 is 15.1 Å². The van der Waals surface area contributed by atoms with Crippen LogP contribution in [0.1, 0.15) is 10.4 Å². The van der Waals surface area contributed by atoms with Crippen LogP contribution in [0.2, 0.25) is 0 Å². The first kappa shape index (κ1) is 26.4. The maximum atomic E-state index is 12.6. The van der Waals surface area contributed by atoms with Crippen molar-refractivity contribution in [1.82, 2.24) is 19.9 Å². The molecule has 0 amide bonds. The molecule has 0 bridgehead atoms. The molecule has 2 aromatic heterocycles. The monoisotopic (exact) mass is 627 g/mol. The van der Waals surface area contributed by atoms with Gasteiger partial charge in [-0.25, -0.2) is 4.98 Å². The van der Waals surface area contributed by atoms with E-state index in [9.17, 15) is 4.79 Å². The third kappa shape index (κ3) is 6.49. The smallest absolute Gasteiger partial charge is 0.233 e. The Morgan fingerprint density at radius 1 is 0.897 bits per heavy atom. The molecule has 0 atom stereocenters. The maximum Gasteiger partial charge on any atom is 0.233 e. The van der Waals surface area contributed by atoms with Gasteiger partial charge in [-0.05, 0) is 30.3 Å². The second-order valence-electron chi connectivity index (χ2n) is 8.96. The summed E-state index contributed by atoms with van der Waals surface area (Å²) in [5.41, 5.74) is 2.45. The average Bonchev–Trinajstić information content (AvgIpc) is 3.39. The Labute approximate surface area is 242 Å². The molecule has 6 rings (SSSR count). The lowest BCUT2D eigenvalue weighted by Gasteiger charge is -2.30. The third-order valence-corrected chi connectivity index (χ3v) is 9.01. The number of nitrogens with zero attached hydrogens (tertiary/aromatic N) is 6. The van der Waals surface area contributed by atoms with Crippen LogP contribution in [0, 0.1) is 0 Å². The Balaban J connectivity index is 1.19. The number of aromatic nitrogens is 4. The number of ketones is 1. The van der Waals surface area contributed by atoms with Crippen LogP contribution in [-0.2, 0) is 9.47 Å². The quantitative estimate of drug-likeness (QED) is 0.218. The lowest BCUT2D eigenvalue weighted by Crippen LogP contribution is -2.40. The van der Waals surface area contributed by atoms with Gasteiger partial charge in [0.15, 0.2) is 10.1 Å². The topological polar surface area (TPSA) is 106 Å². The molecule has 0 radical (unpaired) electrons. The number of anilines is 4. The van der Waals surface area contributed by atoms with Crippen LogP contribution in [0.3, 0.4) is 0 Å². The fraction of sp³-hybridized carbons (Fsp3) is 0.346. The summed E-state index contributed by atoms with van der Waals surface area (Å²) in [5.74, 6) is 2.20. The highest BCUT2D eigenvalue weighted by Gasteiger charge is 2.21. The summed E-state index contributed by atoms with van der Waals surface area (Å²) in [7, 11) is 0. The van der Waals surface area contributed by atoms with Gasteiger partial charge in [-0.3, -0.25) is 4.79 Å². The van der Waals surface area contributed by atoms with Gasteiger partial charge in [-0.15, -0.1) is 11.3 Å². The number of thioether (sulfide) groups is 1. The summed E-state index contributed by atoms with van der Waals surface area (Å²) in [6.07, 6.45) is 0. The zero-order valence-electron chi connectivity index (χ0n) is 21.0. The molecule has 0 unspecified atom stereocenters. The largest absolute Gasteiger partial charge is 0.378 e. The number of carbonyl (C=O) groups is 1. The van der Waals surface area contributed by atoms with Gasteiger partial charge in [0.25, 0.3) is 0 Å². The minimum atomic E-state index is 0.0797. The molecule has 2 saturated heterocycles. The second kappa shape index (κ2) is 12.1. The van der Waals surface area contributed by atoms with E-state index in [-0.39, 0.29) is 5.78 Å². The molecule has 202 valence electrons. The summed E-state index contributed by atoms with van der Waals surface area (Å²) in [6.45, 7) is 5.56. The molecule has 13 heteroatoms. The van der Waals surface area contributed by atoms with Gasteiger partial charge in [-0.2, -0.15) is 15.0 Å². The summed E-state index contributed by atoms with van der Waals surface area (Å²) in [5, 5.41) is 3.38. The number of benzene rings is 2. The number of hydrogen-bond acceptors (Lipinski definition) is 12. The van der Waals surface area contributed by atoms with Crippen molar-refractivity contribution in [3.8, 4) is 0 Å². The molecule has 0 saturated carbocycles. The Morgan fingerprint density at radius 3 is 2.18 bits per heavy atom. The highest BCUT2D eigenvalue weighted by Crippen LogP contribution is 2.32. The second-order valence-corrected chi connectivity index (χ2v) is 12.1. The van der Waals surface area contributed by atoms with Gasteiger partial charge in [0.1, 0.15) is 0 Å². The van der Waals surface area contributed by atoms with E-state index >= 15 is 0 Å². The number of Topliss-reactive ketones (excluding diaryl/α,β-unsaturated/α-hetero) is 1. The number of rotatable bonds is 8. The summed E-state index contributed by atoms with van der Waals surface area (Å²) < 4.78 is 13.9. The minimum Gasteiger partial charge on any atom is -0.378 e. The van der Waals surface area contributed by atoms with Gasteiger partial charge in [0, 0.05) is 41.9 Å². The summed E-state index contributed by atoms with van der Waals surface area (Å²) in [6, 6.07) is 13.4. The first-order valence-electron chi connectivity index (χ1n) is 12.6. The van der Waals surface area contributed by atoms with Gasteiger partial charge in [0.2, 0.25) is 17.8 Å². The molecule has 0 spiro atoms. The molecule has 2 fully saturated rings. The summed E-state index contributed by atoms with van der Waals surface area (Å²) in [4.78, 5) is 35.8. The fourth-order valence-corrected chi connectivity index (χ4v) is 6.50. The number of morpholine rings is 2. The molecule has 0 aliphatic carbocycles. The lowest BCUT2D eigenvalue weighted by atomic mass is 10.2. The molecule has 10 nitrogen and oxygen atoms in total. The van der Waals surface area contributed by atoms with Crippen LogP contribution in [0.5, 0.6) is 0 Å². The number of ether oxygens (including phenoxy) is 2. The lowest BCUT2D eigenvalue weighted by molar-refractivity contribution is 0.102. The standard InChI is InChI=1S/C26H26BrN7O3S2/c27-18-3-1-17(2-4-18)21(35)16-38-26-29-20-6-5-19(15-22(20)39-26)28-23-30-24(33-7-11-36-12-8-33)32-25(31-23)34-9-13-37-14-10-34/h1-6,15H,7-14,16H2,(H,28,30,31,32). The van der Waals surface area contributed by atoms with Gasteiger partial charge >= 0.3 is 0 Å². The molecule has 1 N–H and O–H groups in total. The van der Waals surface area contributed by atoms with E-state index < -0.39 is 0 Å². The van der Waals surface area contributed by atoms with E-state index in [0.717, 1.165) is 50.9 Å². The SMILES string of the molecule is O=C(CSc1nc2ccc(Nc3nc(N4CCOCC4)nc(N4CCOCC4)n3)cc2s1)c1ccc(Br)cc1. The maximum absolute atomic E-state index is 12.6. The number of carbonyl (C=O) groups excluding carboxylic acids is 1. The Morgan fingerprint density at radius 2 is 1.54 bits per heavy atom. The van der Waals surface area contributed by atoms with Crippen molar-refractivity contribution in [2.24, 2.45) is 0 Å². The number of fused-ring (bicyclic) bond motifs is 1. The number of halogens is 1. The molecule has 4 aromatic rings. The zero-order chi connectivity index (χ0) is 26.6. The molecular formula is C26H26BrN7O3S2. The predicted molar refractivity (Wildman–Crippen MR) is 158 cm³/mol. The van der Waals surface area contributed by atoms with E-state index in [0.29, 0.717) is 55.6 Å².